The molecule has 3 rings (SSSR count). The lowest BCUT2D eigenvalue weighted by Gasteiger charge is -2.08. The van der Waals surface area contributed by atoms with Gasteiger partial charge in [0, 0.05) is 10.8 Å². The van der Waals surface area contributed by atoms with Gasteiger partial charge in [-0.05, 0) is 43.4 Å². The summed E-state index contributed by atoms with van der Waals surface area (Å²) >= 11 is 0. The first-order chi connectivity index (χ1) is 12.0. The van der Waals surface area contributed by atoms with E-state index in [9.17, 15) is 8.78 Å². The van der Waals surface area contributed by atoms with Gasteiger partial charge in [0.15, 0.2) is 22.7 Å². The lowest BCUT2D eigenvalue weighted by atomic mass is 10.1. The number of furan rings is 1. The van der Waals surface area contributed by atoms with Gasteiger partial charge in [0.05, 0.1) is 6.61 Å². The van der Waals surface area contributed by atoms with Crippen molar-refractivity contribution in [2.24, 2.45) is 5.92 Å². The molecule has 1 heterocycles. The molecular weight excluding hydrogens is 322 g/mol. The molecule has 136 valence electrons. The molecule has 3 aromatic rings. The second kappa shape index (κ2) is 8.32. The maximum absolute atomic E-state index is 14.6. The molecule has 0 saturated carbocycles. The van der Waals surface area contributed by atoms with Crippen LogP contribution in [0.2, 0.25) is 0 Å². The fraction of sp³-hybridized carbons (Fsp3) is 0.429. The number of rotatable bonds is 5. The molecule has 0 N–H and O–H groups in total. The number of aryl methyl sites for hydroxylation is 1. The summed E-state index contributed by atoms with van der Waals surface area (Å²) in [6, 6.07) is 6.72. The minimum absolute atomic E-state index is 0.0471. The molecule has 2 aromatic carbocycles. The Bertz CT molecular complexity index is 850. The summed E-state index contributed by atoms with van der Waals surface area (Å²) in [6.07, 6.45) is 1.89. The summed E-state index contributed by atoms with van der Waals surface area (Å²) in [5.41, 5.74) is 0.615. The lowest BCUT2D eigenvalue weighted by molar-refractivity contribution is 0.284. The summed E-state index contributed by atoms with van der Waals surface area (Å²) in [7, 11) is 0. The SMILES string of the molecule is CC.Cc1ccc2c(oc3c(F)c(OCCCC(C)C)ccc32)c1F. The van der Waals surface area contributed by atoms with Crippen LogP contribution in [-0.4, -0.2) is 6.61 Å². The largest absolute Gasteiger partial charge is 0.490 e. The number of halogens is 2. The van der Waals surface area contributed by atoms with Crippen LogP contribution in [0.5, 0.6) is 5.75 Å². The summed E-state index contributed by atoms with van der Waals surface area (Å²) in [5, 5.41) is 1.14. The highest BCUT2D eigenvalue weighted by atomic mass is 19.1. The topological polar surface area (TPSA) is 22.4 Å². The third-order valence-corrected chi connectivity index (χ3v) is 4.03. The highest BCUT2D eigenvalue weighted by Crippen LogP contribution is 2.36. The van der Waals surface area contributed by atoms with E-state index in [2.05, 4.69) is 13.8 Å². The molecule has 0 aliphatic carbocycles. The molecule has 0 spiro atoms. The van der Waals surface area contributed by atoms with Crippen molar-refractivity contribution in [3.8, 4) is 5.75 Å². The van der Waals surface area contributed by atoms with Gasteiger partial charge in [-0.1, -0.05) is 39.8 Å². The minimum Gasteiger partial charge on any atom is -0.490 e. The Balaban J connectivity index is 0.00000109. The molecule has 1 aromatic heterocycles. The molecule has 0 unspecified atom stereocenters. The summed E-state index contributed by atoms with van der Waals surface area (Å²) < 4.78 is 39.7. The lowest BCUT2D eigenvalue weighted by Crippen LogP contribution is -2.01. The molecule has 0 aliphatic heterocycles. The van der Waals surface area contributed by atoms with E-state index in [1.165, 1.54) is 0 Å². The fourth-order valence-electron chi connectivity index (χ4n) is 2.70. The van der Waals surface area contributed by atoms with E-state index in [1.807, 2.05) is 13.8 Å². The van der Waals surface area contributed by atoms with E-state index in [1.54, 1.807) is 31.2 Å². The van der Waals surface area contributed by atoms with E-state index in [0.29, 0.717) is 28.9 Å². The van der Waals surface area contributed by atoms with Crippen molar-refractivity contribution in [1.29, 1.82) is 0 Å². The summed E-state index contributed by atoms with van der Waals surface area (Å²) in [5.74, 6) is -0.275. The Labute approximate surface area is 147 Å². The number of benzene rings is 2. The van der Waals surface area contributed by atoms with E-state index in [-0.39, 0.29) is 16.9 Å². The molecule has 25 heavy (non-hydrogen) atoms. The van der Waals surface area contributed by atoms with Crippen LogP contribution in [0.3, 0.4) is 0 Å². The molecule has 0 fully saturated rings. The highest BCUT2D eigenvalue weighted by Gasteiger charge is 2.18. The second-order valence-corrected chi connectivity index (χ2v) is 6.31. The molecule has 2 nitrogen and oxygen atoms in total. The van der Waals surface area contributed by atoms with Crippen molar-refractivity contribution in [3.05, 3.63) is 41.5 Å². The smallest absolute Gasteiger partial charge is 0.208 e. The second-order valence-electron chi connectivity index (χ2n) is 6.31. The Hall–Kier alpha value is -2.10. The standard InChI is InChI=1S/C19H20F2O2.C2H6/c1-11(2)5-4-10-22-15-9-8-14-13-7-6-12(3)16(20)18(13)23-19(14)17(15)21;1-2/h6-9,11H,4-5,10H2,1-3H3;1-2H3. The van der Waals surface area contributed by atoms with E-state index >= 15 is 0 Å². The molecule has 4 heteroatoms. The normalized spacial score (nSPS) is 11.0. The molecule has 0 saturated heterocycles. The van der Waals surface area contributed by atoms with Crippen molar-refractivity contribution >= 4 is 21.9 Å². The fourth-order valence-corrected chi connectivity index (χ4v) is 2.70. The Morgan fingerprint density at radius 2 is 1.56 bits per heavy atom. The Morgan fingerprint density at radius 3 is 2.20 bits per heavy atom. The van der Waals surface area contributed by atoms with Gasteiger partial charge in [-0.3, -0.25) is 0 Å². The first-order valence-electron chi connectivity index (χ1n) is 8.91. The van der Waals surface area contributed by atoms with Gasteiger partial charge in [-0.2, -0.15) is 4.39 Å². The van der Waals surface area contributed by atoms with Crippen molar-refractivity contribution in [3.63, 3.8) is 0 Å². The van der Waals surface area contributed by atoms with Gasteiger partial charge < -0.3 is 9.15 Å². The van der Waals surface area contributed by atoms with Crippen molar-refractivity contribution in [2.45, 2.75) is 47.5 Å². The van der Waals surface area contributed by atoms with Crippen LogP contribution in [0.1, 0.15) is 46.1 Å². The zero-order valence-electron chi connectivity index (χ0n) is 15.6. The number of fused-ring (bicyclic) bond motifs is 3. The number of hydrogen-bond donors (Lipinski definition) is 0. The van der Waals surface area contributed by atoms with E-state index in [4.69, 9.17) is 9.15 Å². The molecule has 0 atom stereocenters. The minimum atomic E-state index is -0.569. The average molecular weight is 348 g/mol. The van der Waals surface area contributed by atoms with Crippen LogP contribution in [-0.2, 0) is 0 Å². The van der Waals surface area contributed by atoms with Crippen LogP contribution in [0.4, 0.5) is 8.78 Å². The van der Waals surface area contributed by atoms with Crippen molar-refractivity contribution in [2.75, 3.05) is 6.61 Å². The monoisotopic (exact) mass is 348 g/mol. The van der Waals surface area contributed by atoms with Gasteiger partial charge >= 0.3 is 0 Å². The quantitative estimate of drug-likeness (QED) is 0.463. The third kappa shape index (κ3) is 3.94. The van der Waals surface area contributed by atoms with Crippen LogP contribution < -0.4 is 4.74 Å². The van der Waals surface area contributed by atoms with E-state index in [0.717, 1.165) is 12.8 Å². The van der Waals surface area contributed by atoms with Gasteiger partial charge in [0.2, 0.25) is 5.82 Å². The van der Waals surface area contributed by atoms with Crippen LogP contribution in [0.25, 0.3) is 21.9 Å². The first-order valence-corrected chi connectivity index (χ1v) is 8.91. The highest BCUT2D eigenvalue weighted by molar-refractivity contribution is 6.05. The maximum Gasteiger partial charge on any atom is 0.208 e. The Kier molecular flexibility index (Phi) is 6.40. The van der Waals surface area contributed by atoms with Gasteiger partial charge in [-0.25, -0.2) is 4.39 Å². The van der Waals surface area contributed by atoms with Gasteiger partial charge in [-0.15, -0.1) is 0 Å². The maximum atomic E-state index is 14.6. The Morgan fingerprint density at radius 1 is 0.960 bits per heavy atom. The summed E-state index contributed by atoms with van der Waals surface area (Å²) in [6.45, 7) is 10.4. The van der Waals surface area contributed by atoms with Gasteiger partial charge in [0.25, 0.3) is 0 Å². The average Bonchev–Trinajstić information content (AvgIpc) is 2.98. The van der Waals surface area contributed by atoms with E-state index < -0.39 is 11.6 Å². The predicted molar refractivity (Wildman–Crippen MR) is 99.3 cm³/mol. The first kappa shape index (κ1) is 19.2. The zero-order chi connectivity index (χ0) is 18.6. The van der Waals surface area contributed by atoms with Crippen LogP contribution >= 0.6 is 0 Å². The molecule has 0 aliphatic rings. The predicted octanol–water partition coefficient (Wildman–Crippen LogP) is 7.01. The zero-order valence-corrected chi connectivity index (χ0v) is 15.6. The van der Waals surface area contributed by atoms with Crippen molar-refractivity contribution < 1.29 is 17.9 Å². The molecule has 0 bridgehead atoms. The molecular formula is C21H26F2O2. The number of hydrogen-bond acceptors (Lipinski definition) is 2. The van der Waals surface area contributed by atoms with Crippen LogP contribution in [0, 0.1) is 24.5 Å². The molecule has 0 radical (unpaired) electrons. The van der Waals surface area contributed by atoms with Crippen LogP contribution in [0.15, 0.2) is 28.7 Å². The number of ether oxygens (including phenoxy) is 1. The van der Waals surface area contributed by atoms with Gasteiger partial charge in [0.1, 0.15) is 0 Å². The van der Waals surface area contributed by atoms with Crippen molar-refractivity contribution in [1.82, 2.24) is 0 Å². The third-order valence-electron chi connectivity index (χ3n) is 4.03. The molecule has 0 amide bonds. The summed E-state index contributed by atoms with van der Waals surface area (Å²) in [4.78, 5) is 0.